The molecule has 0 saturated heterocycles. The lowest BCUT2D eigenvalue weighted by Gasteiger charge is -2.15. The third-order valence-corrected chi connectivity index (χ3v) is 3.54. The smallest absolute Gasteiger partial charge is 0.222 e. The Kier molecular flexibility index (Phi) is 4.03. The van der Waals surface area contributed by atoms with E-state index < -0.39 is 0 Å². The summed E-state index contributed by atoms with van der Waals surface area (Å²) in [6.07, 6.45) is 6.91. The standard InChI is InChI=1S/C16H19N7O/c1-9(2)11-6-19-12(10-5-21-23(3)8-10)4-13(11)24-14-7-20-16(18)22-15(14)17/h4-9H,1-3H3,(H4,17,18,20,22). The van der Waals surface area contributed by atoms with Crippen molar-refractivity contribution in [2.45, 2.75) is 19.8 Å². The third-order valence-electron chi connectivity index (χ3n) is 3.54. The van der Waals surface area contributed by atoms with E-state index in [1.807, 2.05) is 19.3 Å². The van der Waals surface area contributed by atoms with Crippen molar-refractivity contribution in [1.29, 1.82) is 0 Å². The van der Waals surface area contributed by atoms with Crippen molar-refractivity contribution in [2.75, 3.05) is 11.5 Å². The number of nitrogen functional groups attached to an aromatic ring is 2. The molecule has 0 spiro atoms. The van der Waals surface area contributed by atoms with Crippen molar-refractivity contribution in [3.63, 3.8) is 0 Å². The Balaban J connectivity index is 2.03. The van der Waals surface area contributed by atoms with Gasteiger partial charge in [0.25, 0.3) is 0 Å². The zero-order chi connectivity index (χ0) is 17.3. The van der Waals surface area contributed by atoms with Crippen molar-refractivity contribution in [3.8, 4) is 22.8 Å². The van der Waals surface area contributed by atoms with Crippen LogP contribution in [0.1, 0.15) is 25.3 Å². The first kappa shape index (κ1) is 15.7. The SMILES string of the molecule is CC(C)c1cnc(-c2cnn(C)c2)cc1Oc1cnc(N)nc1N. The lowest BCUT2D eigenvalue weighted by molar-refractivity contribution is 0.470. The van der Waals surface area contributed by atoms with Crippen LogP contribution in [0.25, 0.3) is 11.3 Å². The van der Waals surface area contributed by atoms with Crippen LogP contribution in [-0.4, -0.2) is 24.7 Å². The Labute approximate surface area is 139 Å². The molecule has 0 atom stereocenters. The summed E-state index contributed by atoms with van der Waals surface area (Å²) in [4.78, 5) is 12.4. The van der Waals surface area contributed by atoms with Gasteiger partial charge in [-0.05, 0) is 5.92 Å². The zero-order valence-electron chi connectivity index (χ0n) is 13.8. The van der Waals surface area contributed by atoms with Crippen molar-refractivity contribution < 1.29 is 4.74 Å². The van der Waals surface area contributed by atoms with Crippen LogP contribution in [-0.2, 0) is 7.05 Å². The van der Waals surface area contributed by atoms with Crippen LogP contribution in [0, 0.1) is 0 Å². The van der Waals surface area contributed by atoms with E-state index in [4.69, 9.17) is 16.2 Å². The van der Waals surface area contributed by atoms with Crippen LogP contribution in [0.15, 0.2) is 30.9 Å². The number of rotatable bonds is 4. The van der Waals surface area contributed by atoms with Crippen LogP contribution >= 0.6 is 0 Å². The van der Waals surface area contributed by atoms with E-state index >= 15 is 0 Å². The first-order valence-electron chi connectivity index (χ1n) is 7.49. The summed E-state index contributed by atoms with van der Waals surface area (Å²) in [5, 5.41) is 4.17. The minimum atomic E-state index is 0.106. The Bertz CT molecular complexity index is 873. The summed E-state index contributed by atoms with van der Waals surface area (Å²) < 4.78 is 7.67. The van der Waals surface area contributed by atoms with E-state index in [9.17, 15) is 0 Å². The van der Waals surface area contributed by atoms with E-state index in [0.29, 0.717) is 11.5 Å². The van der Waals surface area contributed by atoms with Gasteiger partial charge in [0.05, 0.1) is 18.1 Å². The molecule has 0 saturated carbocycles. The number of anilines is 2. The Morgan fingerprint density at radius 2 is 1.88 bits per heavy atom. The molecule has 0 aliphatic rings. The predicted molar refractivity (Wildman–Crippen MR) is 91.5 cm³/mol. The van der Waals surface area contributed by atoms with Gasteiger partial charge in [-0.1, -0.05) is 13.8 Å². The van der Waals surface area contributed by atoms with Crippen molar-refractivity contribution in [3.05, 3.63) is 36.4 Å². The van der Waals surface area contributed by atoms with Crippen molar-refractivity contribution in [2.24, 2.45) is 7.05 Å². The van der Waals surface area contributed by atoms with Gasteiger partial charge >= 0.3 is 0 Å². The largest absolute Gasteiger partial charge is 0.451 e. The monoisotopic (exact) mass is 325 g/mol. The van der Waals surface area contributed by atoms with Gasteiger partial charge in [-0.3, -0.25) is 9.67 Å². The average molecular weight is 325 g/mol. The number of nitrogens with zero attached hydrogens (tertiary/aromatic N) is 5. The number of aromatic nitrogens is 5. The molecule has 124 valence electrons. The average Bonchev–Trinajstić information content (AvgIpc) is 2.96. The van der Waals surface area contributed by atoms with Gasteiger partial charge in [0.2, 0.25) is 5.95 Å². The van der Waals surface area contributed by atoms with Crippen molar-refractivity contribution in [1.82, 2.24) is 24.7 Å². The molecule has 0 aromatic carbocycles. The Hall–Kier alpha value is -3.16. The highest BCUT2D eigenvalue weighted by molar-refractivity contribution is 5.61. The van der Waals surface area contributed by atoms with Gasteiger partial charge < -0.3 is 16.2 Å². The molecule has 3 rings (SSSR count). The molecular weight excluding hydrogens is 306 g/mol. The first-order chi connectivity index (χ1) is 11.4. The van der Waals surface area contributed by atoms with Gasteiger partial charge in [0, 0.05) is 36.6 Å². The number of ether oxygens (including phenoxy) is 1. The van der Waals surface area contributed by atoms with Crippen LogP contribution in [0.4, 0.5) is 11.8 Å². The second kappa shape index (κ2) is 6.15. The second-order valence-electron chi connectivity index (χ2n) is 5.74. The number of nitrogens with two attached hydrogens (primary N) is 2. The lowest BCUT2D eigenvalue weighted by Crippen LogP contribution is -2.03. The molecule has 3 aromatic rings. The number of hydrogen-bond donors (Lipinski definition) is 2. The van der Waals surface area contributed by atoms with Crippen LogP contribution < -0.4 is 16.2 Å². The maximum atomic E-state index is 5.95. The summed E-state index contributed by atoms with van der Waals surface area (Å²) >= 11 is 0. The van der Waals surface area contributed by atoms with E-state index in [-0.39, 0.29) is 17.7 Å². The molecule has 0 aliphatic heterocycles. The topological polar surface area (TPSA) is 118 Å². The number of aryl methyl sites for hydroxylation is 1. The molecule has 0 bridgehead atoms. The van der Waals surface area contributed by atoms with Gasteiger partial charge in [-0.25, -0.2) is 4.98 Å². The summed E-state index contributed by atoms with van der Waals surface area (Å²) in [6, 6.07) is 1.86. The van der Waals surface area contributed by atoms with Gasteiger partial charge in [-0.2, -0.15) is 10.1 Å². The fourth-order valence-corrected chi connectivity index (χ4v) is 2.28. The summed E-state index contributed by atoms with van der Waals surface area (Å²) in [7, 11) is 1.86. The molecule has 8 heteroatoms. The number of hydrogen-bond acceptors (Lipinski definition) is 7. The molecule has 4 N–H and O–H groups in total. The van der Waals surface area contributed by atoms with Crippen LogP contribution in [0.2, 0.25) is 0 Å². The molecule has 0 unspecified atom stereocenters. The fraction of sp³-hybridized carbons (Fsp3) is 0.250. The summed E-state index contributed by atoms with van der Waals surface area (Å²) in [5.74, 6) is 1.53. The van der Waals surface area contributed by atoms with E-state index in [2.05, 4.69) is 33.9 Å². The number of pyridine rings is 1. The second-order valence-corrected chi connectivity index (χ2v) is 5.74. The molecule has 0 aliphatic carbocycles. The molecular formula is C16H19N7O. The summed E-state index contributed by atoms with van der Waals surface area (Å²) in [5.41, 5.74) is 14.0. The zero-order valence-corrected chi connectivity index (χ0v) is 13.8. The predicted octanol–water partition coefficient (Wildman–Crippen LogP) is 2.35. The lowest BCUT2D eigenvalue weighted by atomic mass is 10.0. The minimum absolute atomic E-state index is 0.106. The highest BCUT2D eigenvalue weighted by Crippen LogP contribution is 2.34. The highest BCUT2D eigenvalue weighted by Gasteiger charge is 2.15. The molecule has 0 fully saturated rings. The maximum absolute atomic E-state index is 5.95. The van der Waals surface area contributed by atoms with Gasteiger partial charge in [0.1, 0.15) is 5.75 Å². The highest BCUT2D eigenvalue weighted by atomic mass is 16.5. The van der Waals surface area contributed by atoms with E-state index in [0.717, 1.165) is 16.8 Å². The first-order valence-corrected chi connectivity index (χ1v) is 7.49. The quantitative estimate of drug-likeness (QED) is 0.755. The molecule has 0 radical (unpaired) electrons. The van der Waals surface area contributed by atoms with Crippen LogP contribution in [0.3, 0.4) is 0 Å². The molecule has 0 amide bonds. The molecule has 8 nitrogen and oxygen atoms in total. The Morgan fingerprint density at radius 3 is 2.50 bits per heavy atom. The van der Waals surface area contributed by atoms with E-state index in [1.54, 1.807) is 17.1 Å². The fourth-order valence-electron chi connectivity index (χ4n) is 2.28. The Morgan fingerprint density at radius 1 is 1.08 bits per heavy atom. The molecule has 3 heterocycles. The third kappa shape index (κ3) is 3.12. The summed E-state index contributed by atoms with van der Waals surface area (Å²) in [6.45, 7) is 4.13. The van der Waals surface area contributed by atoms with Crippen molar-refractivity contribution >= 4 is 11.8 Å². The van der Waals surface area contributed by atoms with Crippen LogP contribution in [0.5, 0.6) is 11.5 Å². The van der Waals surface area contributed by atoms with E-state index in [1.165, 1.54) is 6.20 Å². The van der Waals surface area contributed by atoms with Gasteiger partial charge in [0.15, 0.2) is 11.6 Å². The maximum Gasteiger partial charge on any atom is 0.222 e. The normalized spacial score (nSPS) is 11.0. The van der Waals surface area contributed by atoms with Gasteiger partial charge in [-0.15, -0.1) is 0 Å². The minimum Gasteiger partial charge on any atom is -0.451 e. The molecule has 3 aromatic heterocycles. The molecule has 24 heavy (non-hydrogen) atoms.